The van der Waals surface area contributed by atoms with Crippen LogP contribution in [0.3, 0.4) is 0 Å². The van der Waals surface area contributed by atoms with Gasteiger partial charge in [-0.3, -0.25) is 9.59 Å². The summed E-state index contributed by atoms with van der Waals surface area (Å²) in [5, 5.41) is 0. The predicted octanol–water partition coefficient (Wildman–Crippen LogP) is 4.75. The maximum Gasteiger partial charge on any atom is 0.253 e. The lowest BCUT2D eigenvalue weighted by Gasteiger charge is -2.42. The van der Waals surface area contributed by atoms with Crippen molar-refractivity contribution in [1.29, 1.82) is 0 Å². The van der Waals surface area contributed by atoms with Gasteiger partial charge in [0.25, 0.3) is 5.91 Å². The molecular formula is C28H43N3O2. The Morgan fingerprint density at radius 1 is 0.788 bits per heavy atom. The molecule has 3 aliphatic heterocycles. The first-order valence-electron chi connectivity index (χ1n) is 13.6. The summed E-state index contributed by atoms with van der Waals surface area (Å²) in [6.45, 7) is 7.92. The second kappa shape index (κ2) is 12.0. The van der Waals surface area contributed by atoms with Crippen molar-refractivity contribution in [2.24, 2.45) is 5.92 Å². The van der Waals surface area contributed by atoms with E-state index in [2.05, 4.69) is 28.9 Å². The van der Waals surface area contributed by atoms with E-state index in [1.807, 2.05) is 17.0 Å². The third-order valence-electron chi connectivity index (χ3n) is 8.08. The third kappa shape index (κ3) is 6.38. The van der Waals surface area contributed by atoms with E-state index in [0.717, 1.165) is 76.9 Å². The fourth-order valence-electron chi connectivity index (χ4n) is 5.89. The molecule has 3 heterocycles. The number of aryl methyl sites for hydroxylation is 1. The van der Waals surface area contributed by atoms with Crippen LogP contribution >= 0.6 is 0 Å². The van der Waals surface area contributed by atoms with Gasteiger partial charge in [-0.2, -0.15) is 0 Å². The Balaban J connectivity index is 1.19. The number of carbonyl (C=O) groups is 2. The fourth-order valence-corrected chi connectivity index (χ4v) is 5.89. The summed E-state index contributed by atoms with van der Waals surface area (Å²) in [4.78, 5) is 32.4. The highest BCUT2D eigenvalue weighted by Crippen LogP contribution is 2.27. The number of piperidine rings is 2. The van der Waals surface area contributed by atoms with E-state index in [9.17, 15) is 9.59 Å². The molecule has 0 aliphatic carbocycles. The molecule has 182 valence electrons. The Morgan fingerprint density at radius 3 is 2.09 bits per heavy atom. The normalized spacial score (nSPS) is 21.0. The molecular weight excluding hydrogens is 410 g/mol. The van der Waals surface area contributed by atoms with Gasteiger partial charge in [0.2, 0.25) is 5.91 Å². The van der Waals surface area contributed by atoms with Crippen molar-refractivity contribution in [2.45, 2.75) is 83.6 Å². The van der Waals surface area contributed by atoms with Crippen LogP contribution in [0.2, 0.25) is 0 Å². The van der Waals surface area contributed by atoms with Gasteiger partial charge < -0.3 is 14.7 Å². The summed E-state index contributed by atoms with van der Waals surface area (Å²) in [5.74, 6) is 0.816. The molecule has 4 rings (SSSR count). The zero-order chi connectivity index (χ0) is 23.0. The lowest BCUT2D eigenvalue weighted by atomic mass is 9.92. The first-order chi connectivity index (χ1) is 16.2. The second-order valence-corrected chi connectivity index (χ2v) is 10.4. The number of hydrogen-bond donors (Lipinski definition) is 0. The standard InChI is InChI=1S/C28H43N3O2/c1-2-3-4-5-8-23-9-11-24(12-10-23)27(32)31-21-15-26(16-22-31)29-19-13-25(14-20-29)28(33)30-17-6-7-18-30/h9-12,25-26H,2-8,13-22H2,1H3. The van der Waals surface area contributed by atoms with E-state index in [-0.39, 0.29) is 11.8 Å². The number of nitrogens with zero attached hydrogens (tertiary/aromatic N) is 3. The SMILES string of the molecule is CCCCCCc1ccc(C(=O)N2CCC(N3CCC(C(=O)N4CCCC4)CC3)CC2)cc1. The van der Waals surface area contributed by atoms with Gasteiger partial charge in [-0.05, 0) is 82.2 Å². The molecule has 1 aromatic rings. The molecule has 1 aromatic carbocycles. The Kier molecular flexibility index (Phi) is 8.82. The van der Waals surface area contributed by atoms with E-state index >= 15 is 0 Å². The minimum atomic E-state index is 0.181. The average Bonchev–Trinajstić information content (AvgIpc) is 3.42. The van der Waals surface area contributed by atoms with Crippen molar-refractivity contribution in [3.8, 4) is 0 Å². The maximum absolute atomic E-state index is 13.0. The Bertz CT molecular complexity index is 756. The van der Waals surface area contributed by atoms with Crippen molar-refractivity contribution >= 4 is 11.8 Å². The molecule has 0 saturated carbocycles. The summed E-state index contributed by atoms with van der Waals surface area (Å²) in [6.07, 6.45) is 12.6. The quantitative estimate of drug-likeness (QED) is 0.534. The summed E-state index contributed by atoms with van der Waals surface area (Å²) in [7, 11) is 0. The van der Waals surface area contributed by atoms with E-state index in [1.165, 1.54) is 44.1 Å². The van der Waals surface area contributed by atoms with E-state index in [0.29, 0.717) is 11.9 Å². The van der Waals surface area contributed by atoms with Gasteiger partial charge in [-0.15, -0.1) is 0 Å². The van der Waals surface area contributed by atoms with E-state index < -0.39 is 0 Å². The average molecular weight is 454 g/mol. The number of rotatable bonds is 8. The summed E-state index contributed by atoms with van der Waals surface area (Å²) in [6, 6.07) is 8.87. The maximum atomic E-state index is 13.0. The smallest absolute Gasteiger partial charge is 0.253 e. The molecule has 0 unspecified atom stereocenters. The summed E-state index contributed by atoms with van der Waals surface area (Å²) in [5.41, 5.74) is 2.17. The molecule has 33 heavy (non-hydrogen) atoms. The minimum absolute atomic E-state index is 0.181. The van der Waals surface area contributed by atoms with Crippen molar-refractivity contribution in [3.63, 3.8) is 0 Å². The number of carbonyl (C=O) groups excluding carboxylic acids is 2. The third-order valence-corrected chi connectivity index (χ3v) is 8.08. The van der Waals surface area contributed by atoms with Gasteiger partial charge in [-0.25, -0.2) is 0 Å². The molecule has 0 atom stereocenters. The molecule has 0 N–H and O–H groups in total. The van der Waals surface area contributed by atoms with Crippen molar-refractivity contribution in [3.05, 3.63) is 35.4 Å². The van der Waals surface area contributed by atoms with Crippen LogP contribution in [-0.4, -0.2) is 71.8 Å². The van der Waals surface area contributed by atoms with Crippen LogP contribution in [0.1, 0.15) is 87.1 Å². The first kappa shape index (κ1) is 24.3. The number of amides is 2. The number of hydrogen-bond acceptors (Lipinski definition) is 3. The number of likely N-dealkylation sites (tertiary alicyclic amines) is 3. The Labute approximate surface area is 200 Å². The number of benzene rings is 1. The molecule has 5 heteroatoms. The molecule has 5 nitrogen and oxygen atoms in total. The first-order valence-corrected chi connectivity index (χ1v) is 13.6. The van der Waals surface area contributed by atoms with Gasteiger partial charge in [0.1, 0.15) is 0 Å². The molecule has 0 bridgehead atoms. The van der Waals surface area contributed by atoms with E-state index in [4.69, 9.17) is 0 Å². The summed E-state index contributed by atoms with van der Waals surface area (Å²) >= 11 is 0. The van der Waals surface area contributed by atoms with Gasteiger partial charge >= 0.3 is 0 Å². The fraction of sp³-hybridized carbons (Fsp3) is 0.714. The second-order valence-electron chi connectivity index (χ2n) is 10.4. The molecule has 2 amide bonds. The van der Waals surface area contributed by atoms with Crippen LogP contribution in [0.25, 0.3) is 0 Å². The van der Waals surface area contributed by atoms with Gasteiger partial charge in [0, 0.05) is 43.7 Å². The van der Waals surface area contributed by atoms with Crippen molar-refractivity contribution < 1.29 is 9.59 Å². The van der Waals surface area contributed by atoms with Crippen molar-refractivity contribution in [2.75, 3.05) is 39.3 Å². The Morgan fingerprint density at radius 2 is 1.45 bits per heavy atom. The molecule has 3 saturated heterocycles. The van der Waals surface area contributed by atoms with E-state index in [1.54, 1.807) is 0 Å². The molecule has 3 aliphatic rings. The highest BCUT2D eigenvalue weighted by atomic mass is 16.2. The van der Waals surface area contributed by atoms with Crippen LogP contribution < -0.4 is 0 Å². The van der Waals surface area contributed by atoms with Crippen LogP contribution in [0.4, 0.5) is 0 Å². The van der Waals surface area contributed by atoms with Crippen molar-refractivity contribution in [1.82, 2.24) is 14.7 Å². The monoisotopic (exact) mass is 453 g/mol. The zero-order valence-electron chi connectivity index (χ0n) is 20.6. The predicted molar refractivity (Wildman–Crippen MR) is 133 cm³/mol. The largest absolute Gasteiger partial charge is 0.342 e. The van der Waals surface area contributed by atoms with Crippen LogP contribution in [0, 0.1) is 5.92 Å². The van der Waals surface area contributed by atoms with Gasteiger partial charge in [0.05, 0.1) is 0 Å². The van der Waals surface area contributed by atoms with Crippen LogP contribution in [-0.2, 0) is 11.2 Å². The highest BCUT2D eigenvalue weighted by Gasteiger charge is 2.33. The lowest BCUT2D eigenvalue weighted by Crippen LogP contribution is -2.50. The Hall–Kier alpha value is -1.88. The van der Waals surface area contributed by atoms with Crippen LogP contribution in [0.15, 0.2) is 24.3 Å². The van der Waals surface area contributed by atoms with Gasteiger partial charge in [0.15, 0.2) is 0 Å². The number of unbranched alkanes of at least 4 members (excludes halogenated alkanes) is 3. The molecule has 3 fully saturated rings. The molecule has 0 radical (unpaired) electrons. The lowest BCUT2D eigenvalue weighted by molar-refractivity contribution is -0.136. The zero-order valence-corrected chi connectivity index (χ0v) is 20.6. The molecule has 0 spiro atoms. The van der Waals surface area contributed by atoms with Crippen LogP contribution in [0.5, 0.6) is 0 Å². The minimum Gasteiger partial charge on any atom is -0.342 e. The van der Waals surface area contributed by atoms with Gasteiger partial charge in [-0.1, -0.05) is 38.3 Å². The topological polar surface area (TPSA) is 43.9 Å². The summed E-state index contributed by atoms with van der Waals surface area (Å²) < 4.78 is 0. The highest BCUT2D eigenvalue weighted by molar-refractivity contribution is 5.94. The molecule has 0 aromatic heterocycles.